The molecule has 23 heavy (non-hydrogen) atoms. The van der Waals surface area contributed by atoms with Crippen LogP contribution in [0.15, 0.2) is 36.0 Å². The minimum atomic E-state index is -0.609. The summed E-state index contributed by atoms with van der Waals surface area (Å²) in [5.41, 5.74) is 1.52. The minimum absolute atomic E-state index is 0.370. The maximum absolute atomic E-state index is 10.5. The first-order valence-corrected chi connectivity index (χ1v) is 7.68. The maximum atomic E-state index is 10.5. The molecule has 1 N–H and O–H groups in total. The van der Waals surface area contributed by atoms with Gasteiger partial charge in [0, 0.05) is 17.2 Å². The highest BCUT2D eigenvalue weighted by atomic mass is 16.7. The molecule has 0 aliphatic carbocycles. The van der Waals surface area contributed by atoms with E-state index in [1.54, 1.807) is 13.2 Å². The summed E-state index contributed by atoms with van der Waals surface area (Å²) in [5.74, 6) is 1.36. The molecule has 5 nitrogen and oxygen atoms in total. The van der Waals surface area contributed by atoms with Crippen molar-refractivity contribution in [3.63, 3.8) is 0 Å². The van der Waals surface area contributed by atoms with Crippen LogP contribution in [0.5, 0.6) is 11.5 Å². The van der Waals surface area contributed by atoms with E-state index in [0.29, 0.717) is 29.4 Å². The monoisotopic (exact) mass is 317 g/mol. The van der Waals surface area contributed by atoms with E-state index in [1.165, 1.54) is 7.11 Å². The largest absolute Gasteiger partial charge is 0.492 e. The lowest BCUT2D eigenvalue weighted by atomic mass is 9.99. The van der Waals surface area contributed by atoms with Gasteiger partial charge in [-0.05, 0) is 30.5 Å². The summed E-state index contributed by atoms with van der Waals surface area (Å²) in [5, 5.41) is 14.4. The zero-order chi connectivity index (χ0) is 16.7. The van der Waals surface area contributed by atoms with Crippen LogP contribution in [0.3, 0.4) is 0 Å². The Morgan fingerprint density at radius 2 is 2.09 bits per heavy atom. The van der Waals surface area contributed by atoms with Crippen molar-refractivity contribution in [1.29, 1.82) is 0 Å². The van der Waals surface area contributed by atoms with Gasteiger partial charge in [-0.3, -0.25) is 0 Å². The van der Waals surface area contributed by atoms with Gasteiger partial charge in [-0.25, -0.2) is 0 Å². The Morgan fingerprint density at radius 1 is 1.26 bits per heavy atom. The smallest absolute Gasteiger partial charge is 0.250 e. The molecule has 0 spiro atoms. The molecule has 0 fully saturated rings. The Labute approximate surface area is 136 Å². The molecule has 0 radical (unpaired) electrons. The first kappa shape index (κ1) is 17.1. The van der Waals surface area contributed by atoms with Crippen LogP contribution in [0.2, 0.25) is 0 Å². The van der Waals surface area contributed by atoms with Crippen LogP contribution in [-0.4, -0.2) is 25.2 Å². The number of methoxy groups -OCH3 is 2. The third-order valence-electron chi connectivity index (χ3n) is 3.71. The van der Waals surface area contributed by atoms with E-state index in [0.717, 1.165) is 24.8 Å². The number of nitrogens with zero attached hydrogens (tertiary/aromatic N) is 1. The lowest BCUT2D eigenvalue weighted by Gasteiger charge is -2.17. The van der Waals surface area contributed by atoms with Gasteiger partial charge in [-0.15, -0.1) is 6.58 Å². The molecule has 1 unspecified atom stereocenters. The predicted octanol–water partition coefficient (Wildman–Crippen LogP) is 3.84. The second-order valence-electron chi connectivity index (χ2n) is 5.25. The number of ether oxygens (including phenoxy) is 2. The normalized spacial score (nSPS) is 14.1. The van der Waals surface area contributed by atoms with Gasteiger partial charge in [0.1, 0.15) is 0 Å². The molecule has 124 valence electrons. The number of fused-ring (bicyclic) bond motifs is 1. The summed E-state index contributed by atoms with van der Waals surface area (Å²) < 4.78 is 10.5. The van der Waals surface area contributed by atoms with Crippen LogP contribution in [0.25, 0.3) is 6.08 Å². The molecule has 2 rings (SSSR count). The summed E-state index contributed by atoms with van der Waals surface area (Å²) >= 11 is 0. The number of rotatable bonds is 7. The number of hydrogen-bond donors (Lipinski definition) is 1. The minimum Gasteiger partial charge on any atom is -0.492 e. The number of aliphatic hydroxyl groups is 1. The SMILES string of the molecule is C=CCCCCC(O)c1ccc2c(c1OC)ON=C(OC)C=C2. The number of benzene rings is 1. The number of aliphatic hydroxyl groups excluding tert-OH is 1. The van der Waals surface area contributed by atoms with E-state index in [2.05, 4.69) is 11.7 Å². The fourth-order valence-electron chi connectivity index (χ4n) is 2.46. The summed E-state index contributed by atoms with van der Waals surface area (Å²) in [6, 6.07) is 3.74. The molecule has 5 heteroatoms. The average molecular weight is 317 g/mol. The molecule has 0 saturated carbocycles. The molecule has 1 atom stereocenters. The first-order valence-electron chi connectivity index (χ1n) is 7.68. The molecule has 1 heterocycles. The number of oxime groups is 1. The Balaban J connectivity index is 2.23. The van der Waals surface area contributed by atoms with Crippen molar-refractivity contribution in [3.05, 3.63) is 42.0 Å². The van der Waals surface area contributed by atoms with Crippen LogP contribution >= 0.6 is 0 Å². The van der Waals surface area contributed by atoms with Gasteiger partial charge in [0.2, 0.25) is 5.75 Å². The lowest BCUT2D eigenvalue weighted by Crippen LogP contribution is -2.04. The number of unbranched alkanes of at least 4 members (excludes halogenated alkanes) is 2. The molecule has 1 aromatic carbocycles. The summed E-state index contributed by atoms with van der Waals surface area (Å²) in [6.45, 7) is 3.70. The van der Waals surface area contributed by atoms with Gasteiger partial charge in [-0.2, -0.15) is 0 Å². The predicted molar refractivity (Wildman–Crippen MR) is 90.7 cm³/mol. The molecule has 1 aromatic rings. The second kappa shape index (κ2) is 8.39. The maximum Gasteiger partial charge on any atom is 0.250 e. The Kier molecular flexibility index (Phi) is 6.23. The molecule has 0 bridgehead atoms. The Bertz CT molecular complexity index is 607. The highest BCUT2D eigenvalue weighted by Crippen LogP contribution is 2.40. The van der Waals surface area contributed by atoms with Gasteiger partial charge in [0.05, 0.1) is 20.3 Å². The van der Waals surface area contributed by atoms with Crippen LogP contribution < -0.4 is 9.57 Å². The lowest BCUT2D eigenvalue weighted by molar-refractivity contribution is 0.158. The number of hydrogen-bond acceptors (Lipinski definition) is 5. The van der Waals surface area contributed by atoms with Crippen molar-refractivity contribution in [2.75, 3.05) is 14.2 Å². The highest BCUT2D eigenvalue weighted by Gasteiger charge is 2.21. The van der Waals surface area contributed by atoms with Gasteiger partial charge in [0.15, 0.2) is 5.75 Å². The zero-order valence-corrected chi connectivity index (χ0v) is 13.6. The quantitative estimate of drug-likeness (QED) is 0.613. The van der Waals surface area contributed by atoms with Crippen molar-refractivity contribution < 1.29 is 19.4 Å². The van der Waals surface area contributed by atoms with Gasteiger partial charge in [0.25, 0.3) is 5.90 Å². The average Bonchev–Trinajstić information content (AvgIpc) is 2.79. The van der Waals surface area contributed by atoms with Crippen molar-refractivity contribution in [2.24, 2.45) is 5.16 Å². The topological polar surface area (TPSA) is 60.3 Å². The summed E-state index contributed by atoms with van der Waals surface area (Å²) in [4.78, 5) is 5.46. The van der Waals surface area contributed by atoms with Crippen LogP contribution in [0.4, 0.5) is 0 Å². The van der Waals surface area contributed by atoms with Crippen molar-refractivity contribution in [2.45, 2.75) is 31.8 Å². The third kappa shape index (κ3) is 4.13. The van der Waals surface area contributed by atoms with Crippen LogP contribution in [-0.2, 0) is 4.74 Å². The third-order valence-corrected chi connectivity index (χ3v) is 3.71. The number of allylic oxidation sites excluding steroid dienone is 1. The van der Waals surface area contributed by atoms with E-state index in [-0.39, 0.29) is 0 Å². The molecular formula is C18H23NO4. The van der Waals surface area contributed by atoms with Gasteiger partial charge in [-0.1, -0.05) is 24.6 Å². The standard InChI is InChI=1S/C18H23NO4/c1-4-5-6-7-8-15(20)14-11-9-13-10-12-16(21-2)19-23-17(13)18(14)22-3/h4,9-12,15,20H,1,5-8H2,2-3H3. The molecule has 1 aliphatic rings. The molecular weight excluding hydrogens is 294 g/mol. The van der Waals surface area contributed by atoms with E-state index in [1.807, 2.05) is 24.3 Å². The Morgan fingerprint density at radius 3 is 2.78 bits per heavy atom. The molecule has 0 saturated heterocycles. The second-order valence-corrected chi connectivity index (χ2v) is 5.25. The van der Waals surface area contributed by atoms with Crippen molar-refractivity contribution >= 4 is 12.0 Å². The van der Waals surface area contributed by atoms with Crippen molar-refractivity contribution in [1.82, 2.24) is 0 Å². The van der Waals surface area contributed by atoms with E-state index in [9.17, 15) is 5.11 Å². The van der Waals surface area contributed by atoms with Crippen molar-refractivity contribution in [3.8, 4) is 11.5 Å². The highest BCUT2D eigenvalue weighted by molar-refractivity contribution is 5.92. The molecule has 0 aromatic heterocycles. The fraction of sp³-hybridized carbons (Fsp3) is 0.389. The van der Waals surface area contributed by atoms with E-state index in [4.69, 9.17) is 14.3 Å². The van der Waals surface area contributed by atoms with Crippen LogP contribution in [0.1, 0.15) is 42.9 Å². The van der Waals surface area contributed by atoms with Gasteiger partial charge < -0.3 is 19.4 Å². The summed E-state index contributed by atoms with van der Waals surface area (Å²) in [6.07, 6.45) is 8.38. The fourth-order valence-corrected chi connectivity index (χ4v) is 2.46. The van der Waals surface area contributed by atoms with Gasteiger partial charge >= 0.3 is 0 Å². The molecule has 0 amide bonds. The zero-order valence-electron chi connectivity index (χ0n) is 13.6. The van der Waals surface area contributed by atoms with E-state index < -0.39 is 6.10 Å². The van der Waals surface area contributed by atoms with Crippen LogP contribution in [0, 0.1) is 0 Å². The van der Waals surface area contributed by atoms with E-state index >= 15 is 0 Å². The summed E-state index contributed by atoms with van der Waals surface area (Å²) in [7, 11) is 3.08. The molecule has 1 aliphatic heterocycles. The Hall–Kier alpha value is -2.27. The first-order chi connectivity index (χ1) is 11.2.